The van der Waals surface area contributed by atoms with E-state index >= 15 is 0 Å². The van der Waals surface area contributed by atoms with Crippen molar-refractivity contribution in [3.8, 4) is 0 Å². The third-order valence-corrected chi connectivity index (χ3v) is 1.30. The highest BCUT2D eigenvalue weighted by Crippen LogP contribution is 1.56. The van der Waals surface area contributed by atoms with Crippen LogP contribution in [0.2, 0.25) is 0 Å². The number of hydroxylamine groups is 4. The molecule has 6 nitrogen and oxygen atoms in total. The second kappa shape index (κ2) is 4.73. The lowest BCUT2D eigenvalue weighted by molar-refractivity contribution is -0.870. The molecule has 6 heteroatoms. The maximum Gasteiger partial charge on any atom is 0.189 e. The van der Waals surface area contributed by atoms with Gasteiger partial charge in [0.2, 0.25) is 0 Å². The normalized spacial score (nSPS) is 15.2. The second-order valence-electron chi connectivity index (χ2n) is 2.40. The smallest absolute Gasteiger partial charge is 0.189 e. The highest BCUT2D eigenvalue weighted by Gasteiger charge is 2.03. The molecule has 0 aliphatic carbocycles. The Kier molecular flexibility index (Phi) is 4.30. The maximum absolute atomic E-state index is 10.8. The summed E-state index contributed by atoms with van der Waals surface area (Å²) in [4.78, 5) is 0. The molecular formula is C6H14N4O2. The Bertz CT molecular complexity index is 162. The molecule has 0 saturated heterocycles. The Morgan fingerprint density at radius 2 is 1.25 bits per heavy atom. The summed E-state index contributed by atoms with van der Waals surface area (Å²) in [7, 11) is 0. The molecule has 0 aliphatic heterocycles. The molecule has 0 spiro atoms. The SMILES string of the molecule is C=C(N)[NH+]([O-])CC[NH+]([O-])C(=C)N. The molecule has 0 saturated carbocycles. The number of hydrogen-bond acceptors (Lipinski definition) is 4. The van der Waals surface area contributed by atoms with E-state index in [9.17, 15) is 10.4 Å². The molecule has 0 aromatic heterocycles. The maximum atomic E-state index is 10.8. The monoisotopic (exact) mass is 174 g/mol. The molecule has 0 fully saturated rings. The lowest BCUT2D eigenvalue weighted by Gasteiger charge is -2.25. The molecule has 0 aromatic rings. The highest BCUT2D eigenvalue weighted by atomic mass is 16.5. The van der Waals surface area contributed by atoms with Gasteiger partial charge in [-0.05, 0) is 13.2 Å². The number of nitrogens with two attached hydrogens (primary N) is 2. The van der Waals surface area contributed by atoms with Crippen LogP contribution in [-0.4, -0.2) is 13.1 Å². The van der Waals surface area contributed by atoms with E-state index in [-0.39, 0.29) is 34.9 Å². The molecular weight excluding hydrogens is 160 g/mol. The van der Waals surface area contributed by atoms with Crippen LogP contribution in [0.1, 0.15) is 0 Å². The molecule has 0 aromatic carbocycles. The van der Waals surface area contributed by atoms with E-state index in [1.165, 1.54) is 0 Å². The van der Waals surface area contributed by atoms with Crippen LogP contribution in [0.3, 0.4) is 0 Å². The Labute approximate surface area is 70.9 Å². The summed E-state index contributed by atoms with van der Waals surface area (Å²) >= 11 is 0. The summed E-state index contributed by atoms with van der Waals surface area (Å²) < 4.78 is 0. The van der Waals surface area contributed by atoms with Crippen molar-refractivity contribution in [3.63, 3.8) is 0 Å². The van der Waals surface area contributed by atoms with Gasteiger partial charge in [0.25, 0.3) is 0 Å². The third kappa shape index (κ3) is 3.94. The zero-order valence-corrected chi connectivity index (χ0v) is 6.80. The Balaban J connectivity index is 3.68. The largest absolute Gasteiger partial charge is 0.628 e. The molecule has 2 atom stereocenters. The van der Waals surface area contributed by atoms with Crippen LogP contribution in [-0.2, 0) is 0 Å². The van der Waals surface area contributed by atoms with Gasteiger partial charge in [0, 0.05) is 0 Å². The number of rotatable bonds is 5. The summed E-state index contributed by atoms with van der Waals surface area (Å²) in [6.45, 7) is 6.57. The van der Waals surface area contributed by atoms with E-state index in [4.69, 9.17) is 11.5 Å². The summed E-state index contributed by atoms with van der Waals surface area (Å²) in [6.07, 6.45) is 0. The van der Waals surface area contributed by atoms with Gasteiger partial charge >= 0.3 is 0 Å². The lowest BCUT2D eigenvalue weighted by Crippen LogP contribution is -3.15. The molecule has 70 valence electrons. The first kappa shape index (κ1) is 10.9. The van der Waals surface area contributed by atoms with Crippen LogP contribution in [0.4, 0.5) is 0 Å². The third-order valence-electron chi connectivity index (χ3n) is 1.30. The predicted octanol–water partition coefficient (Wildman–Crippen LogP) is -3.39. The van der Waals surface area contributed by atoms with E-state index < -0.39 is 0 Å². The van der Waals surface area contributed by atoms with Gasteiger partial charge in [-0.1, -0.05) is 0 Å². The van der Waals surface area contributed by atoms with Gasteiger partial charge in [0.1, 0.15) is 13.1 Å². The zero-order valence-electron chi connectivity index (χ0n) is 6.80. The minimum atomic E-state index is -0.329. The van der Waals surface area contributed by atoms with E-state index in [1.54, 1.807) is 0 Å². The molecule has 0 rings (SSSR count). The van der Waals surface area contributed by atoms with Gasteiger partial charge in [0.15, 0.2) is 11.6 Å². The topological polar surface area (TPSA) is 107 Å². The molecule has 6 N–H and O–H groups in total. The molecule has 0 radical (unpaired) electrons. The standard InChI is InChI=1S/C6H14N4O2/c1-5(7)9(11)3-4-10(12)6(2)8/h9-10H,1-4,7-8H2. The fraction of sp³-hybridized carbons (Fsp3) is 0.333. The minimum absolute atomic E-state index is 0.0366. The fourth-order valence-electron chi connectivity index (χ4n) is 0.548. The van der Waals surface area contributed by atoms with Gasteiger partial charge in [-0.25, -0.2) is 0 Å². The highest BCUT2D eigenvalue weighted by molar-refractivity contribution is 4.70. The predicted molar refractivity (Wildman–Crippen MR) is 45.0 cm³/mol. The summed E-state index contributed by atoms with van der Waals surface area (Å²) in [6, 6.07) is 0. The van der Waals surface area contributed by atoms with Gasteiger partial charge < -0.3 is 32.0 Å². The second-order valence-corrected chi connectivity index (χ2v) is 2.40. The first-order chi connectivity index (χ1) is 5.45. The van der Waals surface area contributed by atoms with Gasteiger partial charge in [-0.3, -0.25) is 0 Å². The van der Waals surface area contributed by atoms with Gasteiger partial charge in [0.05, 0.1) is 0 Å². The molecule has 2 unspecified atom stereocenters. The van der Waals surface area contributed by atoms with Crippen molar-refractivity contribution >= 4 is 0 Å². The first-order valence-corrected chi connectivity index (χ1v) is 3.40. The van der Waals surface area contributed by atoms with Crippen molar-refractivity contribution in [2.45, 2.75) is 0 Å². The van der Waals surface area contributed by atoms with Crippen LogP contribution in [0, 0.1) is 10.4 Å². The fourth-order valence-corrected chi connectivity index (χ4v) is 0.548. The summed E-state index contributed by atoms with van der Waals surface area (Å²) in [5, 5.41) is 21.0. The van der Waals surface area contributed by atoms with E-state index in [0.29, 0.717) is 0 Å². The summed E-state index contributed by atoms with van der Waals surface area (Å²) in [5.41, 5.74) is 10.2. The van der Waals surface area contributed by atoms with Crippen molar-refractivity contribution in [2.75, 3.05) is 13.1 Å². The van der Waals surface area contributed by atoms with Crippen molar-refractivity contribution in [3.05, 3.63) is 35.2 Å². The van der Waals surface area contributed by atoms with Crippen molar-refractivity contribution in [1.82, 2.24) is 0 Å². The van der Waals surface area contributed by atoms with Crippen molar-refractivity contribution < 1.29 is 10.1 Å². The molecule has 0 aliphatic rings. The Hall–Kier alpha value is -1.08. The van der Waals surface area contributed by atoms with Crippen LogP contribution >= 0.6 is 0 Å². The number of nitrogens with one attached hydrogen (secondary N) is 2. The van der Waals surface area contributed by atoms with Crippen molar-refractivity contribution in [2.24, 2.45) is 11.5 Å². The molecule has 12 heavy (non-hydrogen) atoms. The number of hydrogen-bond donors (Lipinski definition) is 4. The van der Waals surface area contributed by atoms with Gasteiger partial charge in [-0.2, -0.15) is 0 Å². The minimum Gasteiger partial charge on any atom is -0.628 e. The quantitative estimate of drug-likeness (QED) is 0.326. The van der Waals surface area contributed by atoms with E-state index in [2.05, 4.69) is 13.2 Å². The molecule has 0 bridgehead atoms. The molecule has 0 amide bonds. The zero-order chi connectivity index (χ0) is 9.72. The lowest BCUT2D eigenvalue weighted by atomic mass is 10.5. The van der Waals surface area contributed by atoms with Crippen LogP contribution in [0.15, 0.2) is 24.8 Å². The average molecular weight is 174 g/mol. The van der Waals surface area contributed by atoms with E-state index in [0.717, 1.165) is 0 Å². The van der Waals surface area contributed by atoms with Crippen molar-refractivity contribution in [1.29, 1.82) is 0 Å². The molecule has 0 heterocycles. The number of quaternary nitrogens is 2. The summed E-state index contributed by atoms with van der Waals surface area (Å²) in [5.74, 6) is -0.0733. The van der Waals surface area contributed by atoms with Gasteiger partial charge in [-0.15, -0.1) is 0 Å². The Morgan fingerprint density at radius 1 is 1.00 bits per heavy atom. The van der Waals surface area contributed by atoms with Crippen LogP contribution in [0.25, 0.3) is 0 Å². The first-order valence-electron chi connectivity index (χ1n) is 3.40. The Morgan fingerprint density at radius 3 is 1.42 bits per heavy atom. The van der Waals surface area contributed by atoms with E-state index in [1.807, 2.05) is 0 Å². The van der Waals surface area contributed by atoms with Crippen LogP contribution < -0.4 is 21.6 Å². The average Bonchev–Trinajstić information content (AvgIpc) is 1.98. The van der Waals surface area contributed by atoms with Crippen LogP contribution in [0.5, 0.6) is 0 Å².